The number of hydrogen-bond donors (Lipinski definition) is 3. The van der Waals surface area contributed by atoms with Gasteiger partial charge < -0.3 is 33.8 Å². The number of rotatable bonds is 61. The number of ether oxygens (including phenoxy) is 4. The Hall–Kier alpha value is -1.94. The van der Waals surface area contributed by atoms with Gasteiger partial charge in [-0.3, -0.25) is 37.3 Å². The largest absolute Gasteiger partial charge is 0.472 e. The van der Waals surface area contributed by atoms with E-state index in [9.17, 15) is 43.2 Å². The Morgan fingerprint density at radius 1 is 0.304 bits per heavy atom. The molecule has 468 valence electrons. The normalized spacial score (nSPS) is 14.3. The van der Waals surface area contributed by atoms with Gasteiger partial charge in [-0.25, -0.2) is 9.13 Å². The van der Waals surface area contributed by atoms with E-state index in [1.807, 2.05) is 6.92 Å². The molecule has 0 saturated heterocycles. The Labute approximate surface area is 479 Å². The number of esters is 4. The molecule has 5 atom stereocenters. The van der Waals surface area contributed by atoms with Crippen LogP contribution in [0, 0.1) is 0 Å². The topological polar surface area (TPSA) is 237 Å². The van der Waals surface area contributed by atoms with Crippen molar-refractivity contribution in [1.82, 2.24) is 0 Å². The highest BCUT2D eigenvalue weighted by Gasteiger charge is 2.30. The maximum Gasteiger partial charge on any atom is 0.472 e. The van der Waals surface area contributed by atoms with Crippen molar-refractivity contribution in [3.05, 3.63) is 0 Å². The Morgan fingerprint density at radius 2 is 0.506 bits per heavy atom. The predicted molar refractivity (Wildman–Crippen MR) is 312 cm³/mol. The Morgan fingerprint density at radius 3 is 0.772 bits per heavy atom. The summed E-state index contributed by atoms with van der Waals surface area (Å²) in [7, 11) is -9.86. The van der Waals surface area contributed by atoms with Gasteiger partial charge in [-0.1, -0.05) is 252 Å². The zero-order valence-electron chi connectivity index (χ0n) is 50.3. The van der Waals surface area contributed by atoms with Crippen molar-refractivity contribution < 1.29 is 80.2 Å². The second kappa shape index (κ2) is 55.3. The molecule has 0 spiro atoms. The molecule has 0 saturated carbocycles. The monoisotopic (exact) mass is 1170 g/mol. The van der Waals surface area contributed by atoms with Crippen LogP contribution < -0.4 is 0 Å². The van der Waals surface area contributed by atoms with Crippen molar-refractivity contribution in [3.8, 4) is 0 Å². The summed E-state index contributed by atoms with van der Waals surface area (Å²) in [6.45, 7) is 4.66. The number of carbonyl (C=O) groups is 4. The second-order valence-corrected chi connectivity index (χ2v) is 24.6. The molecule has 0 aliphatic rings. The van der Waals surface area contributed by atoms with E-state index >= 15 is 0 Å². The second-order valence-electron chi connectivity index (χ2n) is 21.7. The van der Waals surface area contributed by atoms with Crippen LogP contribution in [0.5, 0.6) is 0 Å². The van der Waals surface area contributed by atoms with Gasteiger partial charge in [0.15, 0.2) is 12.2 Å². The summed E-state index contributed by atoms with van der Waals surface area (Å²) in [6.07, 6.45) is 39.8. The first-order chi connectivity index (χ1) is 38.2. The number of aliphatic hydroxyl groups is 1. The van der Waals surface area contributed by atoms with Crippen LogP contribution in [0.15, 0.2) is 0 Å². The zero-order valence-corrected chi connectivity index (χ0v) is 52.1. The van der Waals surface area contributed by atoms with Crippen molar-refractivity contribution >= 4 is 39.5 Å². The molecule has 0 aromatic heterocycles. The van der Waals surface area contributed by atoms with Gasteiger partial charge in [-0.15, -0.1) is 0 Å². The van der Waals surface area contributed by atoms with Gasteiger partial charge in [0.1, 0.15) is 19.3 Å². The molecule has 0 aliphatic carbocycles. The predicted octanol–water partition coefficient (Wildman–Crippen LogP) is 16.4. The Kier molecular flexibility index (Phi) is 53.9. The molecule has 3 N–H and O–H groups in total. The fourth-order valence-electron chi connectivity index (χ4n) is 8.93. The fraction of sp³-hybridized carbons (Fsp3) is 0.933. The quantitative estimate of drug-likeness (QED) is 0.0222. The lowest BCUT2D eigenvalue weighted by Gasteiger charge is -2.21. The maximum atomic E-state index is 12.9. The number of carbonyl (C=O) groups excluding carboxylic acids is 4. The van der Waals surface area contributed by atoms with Gasteiger partial charge >= 0.3 is 39.5 Å². The van der Waals surface area contributed by atoms with Crippen LogP contribution in [-0.4, -0.2) is 96.7 Å². The van der Waals surface area contributed by atoms with E-state index in [2.05, 4.69) is 20.8 Å². The van der Waals surface area contributed by atoms with Crippen molar-refractivity contribution in [3.63, 3.8) is 0 Å². The standard InChI is InChI=1S/C60H116O17P2/c1-5-9-13-16-19-22-24-26-27-29-30-32-35-37-41-45-58(63)71-51-56(77-60(65)47-43-39-36-33-31-28-25-23-20-17-14-10-6-2)53-75-79(68,69)73-49-54(61)48-72-78(66,67)74-52-55(50-70-57(62)44-40-12-8-4)76-59(64)46-42-38-34-21-18-15-11-7-3/h54-56,61H,5-53H2,1-4H3,(H,66,67)(H,68,69)/t54-,55-,56-/m1/s1. The smallest absolute Gasteiger partial charge is 0.462 e. The van der Waals surface area contributed by atoms with Crippen LogP contribution in [-0.2, 0) is 65.4 Å². The van der Waals surface area contributed by atoms with E-state index in [0.717, 1.165) is 89.9 Å². The average molecular weight is 1170 g/mol. The first kappa shape index (κ1) is 77.1. The summed E-state index contributed by atoms with van der Waals surface area (Å²) >= 11 is 0. The van der Waals surface area contributed by atoms with Crippen molar-refractivity contribution in [2.24, 2.45) is 0 Å². The summed E-state index contributed by atoms with van der Waals surface area (Å²) in [5, 5.41) is 10.5. The molecule has 79 heavy (non-hydrogen) atoms. The molecular formula is C60H116O17P2. The molecule has 19 heteroatoms. The Balaban J connectivity index is 5.10. The first-order valence-corrected chi connectivity index (χ1v) is 34.8. The van der Waals surface area contributed by atoms with Gasteiger partial charge in [0, 0.05) is 25.7 Å². The minimum Gasteiger partial charge on any atom is -0.462 e. The molecule has 0 aromatic carbocycles. The number of aliphatic hydroxyl groups excluding tert-OH is 1. The molecule has 0 amide bonds. The van der Waals surface area contributed by atoms with Crippen LogP contribution in [0.25, 0.3) is 0 Å². The van der Waals surface area contributed by atoms with Crippen molar-refractivity contribution in [1.29, 1.82) is 0 Å². The fourth-order valence-corrected chi connectivity index (χ4v) is 10.5. The molecule has 17 nitrogen and oxygen atoms in total. The van der Waals surface area contributed by atoms with Gasteiger partial charge in [-0.05, 0) is 25.7 Å². The third-order valence-electron chi connectivity index (χ3n) is 13.9. The molecule has 2 unspecified atom stereocenters. The number of phosphoric ester groups is 2. The molecule has 0 aromatic rings. The average Bonchev–Trinajstić information content (AvgIpc) is 3.42. The number of unbranched alkanes of at least 4 members (excludes halogenated alkanes) is 35. The SMILES string of the molecule is CCCCCCCCCCCCCCCCCC(=O)OC[C@H](COP(=O)(O)OC[C@H](O)COP(=O)(O)OC[C@@H](COC(=O)CCCCC)OC(=O)CCCCCCCCCC)OC(=O)CCCCCCCCCCCCCCC. The minimum atomic E-state index is -4.94. The highest BCUT2D eigenvalue weighted by molar-refractivity contribution is 7.47. The summed E-state index contributed by atoms with van der Waals surface area (Å²) in [6, 6.07) is 0. The van der Waals surface area contributed by atoms with E-state index in [0.29, 0.717) is 25.7 Å². The highest BCUT2D eigenvalue weighted by Crippen LogP contribution is 2.45. The van der Waals surface area contributed by atoms with E-state index < -0.39 is 97.5 Å². The van der Waals surface area contributed by atoms with Gasteiger partial charge in [0.2, 0.25) is 0 Å². The number of hydrogen-bond acceptors (Lipinski definition) is 15. The first-order valence-electron chi connectivity index (χ1n) is 31.8. The van der Waals surface area contributed by atoms with Crippen LogP contribution >= 0.6 is 15.6 Å². The molecule has 0 rings (SSSR count). The lowest BCUT2D eigenvalue weighted by atomic mass is 10.0. The zero-order chi connectivity index (χ0) is 58.3. The summed E-state index contributed by atoms with van der Waals surface area (Å²) in [5.41, 5.74) is 0. The van der Waals surface area contributed by atoms with Gasteiger partial charge in [0.05, 0.1) is 26.4 Å². The lowest BCUT2D eigenvalue weighted by molar-refractivity contribution is -0.161. The molecule has 0 bridgehead atoms. The molecule has 0 radical (unpaired) electrons. The highest BCUT2D eigenvalue weighted by atomic mass is 31.2. The molecular weight excluding hydrogens is 1050 g/mol. The van der Waals surface area contributed by atoms with E-state index in [4.69, 9.17) is 37.0 Å². The molecule has 0 fully saturated rings. The van der Waals surface area contributed by atoms with Crippen LogP contribution in [0.4, 0.5) is 0 Å². The third kappa shape index (κ3) is 55.0. The van der Waals surface area contributed by atoms with Crippen LogP contribution in [0.1, 0.15) is 304 Å². The summed E-state index contributed by atoms with van der Waals surface area (Å²) in [5.74, 6) is -2.16. The van der Waals surface area contributed by atoms with E-state index in [1.54, 1.807) is 0 Å². The van der Waals surface area contributed by atoms with Crippen LogP contribution in [0.2, 0.25) is 0 Å². The lowest BCUT2D eigenvalue weighted by Crippen LogP contribution is -2.30. The van der Waals surface area contributed by atoms with Gasteiger partial charge in [-0.2, -0.15) is 0 Å². The Bertz CT molecular complexity index is 1540. The van der Waals surface area contributed by atoms with Crippen molar-refractivity contribution in [2.45, 2.75) is 322 Å². The summed E-state index contributed by atoms with van der Waals surface area (Å²) in [4.78, 5) is 71.5. The molecule has 0 heterocycles. The van der Waals surface area contributed by atoms with Crippen LogP contribution in [0.3, 0.4) is 0 Å². The minimum absolute atomic E-state index is 0.103. The molecule has 0 aliphatic heterocycles. The van der Waals surface area contributed by atoms with E-state index in [1.165, 1.54) is 135 Å². The van der Waals surface area contributed by atoms with Crippen molar-refractivity contribution in [2.75, 3.05) is 39.6 Å². The number of phosphoric acid groups is 2. The third-order valence-corrected chi connectivity index (χ3v) is 15.8. The van der Waals surface area contributed by atoms with Gasteiger partial charge in [0.25, 0.3) is 0 Å². The maximum absolute atomic E-state index is 12.9. The summed E-state index contributed by atoms with van der Waals surface area (Å²) < 4.78 is 67.4. The van der Waals surface area contributed by atoms with E-state index in [-0.39, 0.29) is 25.7 Å².